The van der Waals surface area contributed by atoms with Gasteiger partial charge in [0.2, 0.25) is 0 Å². The Morgan fingerprint density at radius 1 is 1.18 bits per heavy atom. The maximum absolute atomic E-state index is 13.6. The molecule has 204 valence electrons. The van der Waals surface area contributed by atoms with Gasteiger partial charge >= 0.3 is 12.1 Å². The summed E-state index contributed by atoms with van der Waals surface area (Å²) >= 11 is 8.22. The number of benzene rings is 1. The highest BCUT2D eigenvalue weighted by atomic mass is 127. The predicted molar refractivity (Wildman–Crippen MR) is 136 cm³/mol. The molecule has 17 heteroatoms. The summed E-state index contributed by atoms with van der Waals surface area (Å²) in [6, 6.07) is 7.44. The van der Waals surface area contributed by atoms with E-state index in [0.29, 0.717) is 20.0 Å². The number of halogens is 7. The molecule has 0 saturated carbocycles. The molecule has 0 aliphatic carbocycles. The van der Waals surface area contributed by atoms with Crippen LogP contribution >= 0.6 is 34.2 Å². The Morgan fingerprint density at radius 3 is 2.54 bits per heavy atom. The Bertz CT molecular complexity index is 1590. The van der Waals surface area contributed by atoms with Crippen LogP contribution in [0.25, 0.3) is 5.82 Å². The van der Waals surface area contributed by atoms with Gasteiger partial charge in [0.25, 0.3) is 11.8 Å². The van der Waals surface area contributed by atoms with Crippen LogP contribution < -0.4 is 11.1 Å². The van der Waals surface area contributed by atoms with Crippen LogP contribution in [-0.2, 0) is 12.5 Å². The number of nitrogens with two attached hydrogens (primary N) is 1. The zero-order chi connectivity index (χ0) is 28.7. The van der Waals surface area contributed by atoms with Gasteiger partial charge in [-0.05, 0) is 65.4 Å². The number of amides is 2. The van der Waals surface area contributed by atoms with Crippen molar-refractivity contribution >= 4 is 51.7 Å². The number of primary amides is 1. The van der Waals surface area contributed by atoms with Crippen molar-refractivity contribution in [3.05, 3.63) is 79.5 Å². The Hall–Kier alpha value is -3.67. The molecule has 0 aliphatic rings. The molecule has 0 radical (unpaired) electrons. The van der Waals surface area contributed by atoms with Crippen LogP contribution in [0.15, 0.2) is 42.7 Å². The SMILES string of the molecule is Cc1cc(I)cc(C(N)=O)c1NC(=O)c1cc(Cn2cc(C(F)(F)C(F)(F)F)nn2)nn1-c1ncccc1Cl. The van der Waals surface area contributed by atoms with E-state index in [1.807, 2.05) is 22.6 Å². The molecule has 3 N–H and O–H groups in total. The molecule has 2 amide bonds. The van der Waals surface area contributed by atoms with Crippen LogP contribution in [0.5, 0.6) is 0 Å². The summed E-state index contributed by atoms with van der Waals surface area (Å²) in [7, 11) is 0. The zero-order valence-electron chi connectivity index (χ0n) is 19.5. The lowest BCUT2D eigenvalue weighted by Gasteiger charge is -2.16. The first-order valence-electron chi connectivity index (χ1n) is 10.7. The standard InChI is InChI=1S/C22H15ClF5IN8O2/c1-10-5-11(29)6-13(18(30)38)17(10)32-20(39)15-7-12(34-37(15)19-14(23)3-2-4-31-19)8-36-9-16(33-35-36)21(24,25)22(26,27)28/h2-7,9H,8H2,1H3,(H2,30,38)(H,32,39). The highest BCUT2D eigenvalue weighted by molar-refractivity contribution is 14.1. The minimum Gasteiger partial charge on any atom is -0.366 e. The van der Waals surface area contributed by atoms with E-state index < -0.39 is 36.2 Å². The summed E-state index contributed by atoms with van der Waals surface area (Å²) in [6.07, 6.45) is -4.07. The molecule has 0 saturated heterocycles. The van der Waals surface area contributed by atoms with Crippen molar-refractivity contribution in [3.8, 4) is 5.82 Å². The van der Waals surface area contributed by atoms with Crippen LogP contribution in [0, 0.1) is 10.5 Å². The van der Waals surface area contributed by atoms with Crippen LogP contribution in [-0.4, -0.2) is 47.7 Å². The molecule has 39 heavy (non-hydrogen) atoms. The van der Waals surface area contributed by atoms with Crippen molar-refractivity contribution in [2.75, 3.05) is 5.32 Å². The lowest BCUT2D eigenvalue weighted by Crippen LogP contribution is -2.34. The van der Waals surface area contributed by atoms with E-state index in [0.717, 1.165) is 4.68 Å². The second-order valence-electron chi connectivity index (χ2n) is 8.08. The number of alkyl halides is 5. The fourth-order valence-corrected chi connectivity index (χ4v) is 4.46. The third kappa shape index (κ3) is 5.70. The molecule has 1 aromatic carbocycles. The van der Waals surface area contributed by atoms with Crippen molar-refractivity contribution in [1.29, 1.82) is 0 Å². The van der Waals surface area contributed by atoms with Crippen molar-refractivity contribution in [2.24, 2.45) is 5.73 Å². The molecule has 0 aliphatic heterocycles. The second-order valence-corrected chi connectivity index (χ2v) is 9.73. The average molecular weight is 681 g/mol. The molecule has 4 aromatic rings. The van der Waals surface area contributed by atoms with E-state index >= 15 is 0 Å². The number of aryl methyl sites for hydroxylation is 1. The fourth-order valence-electron chi connectivity index (χ4n) is 3.48. The van der Waals surface area contributed by atoms with Crippen molar-refractivity contribution in [3.63, 3.8) is 0 Å². The molecular formula is C22H15ClF5IN8O2. The minimum absolute atomic E-state index is 0.0168. The Balaban J connectivity index is 1.74. The van der Waals surface area contributed by atoms with Crippen LogP contribution in [0.1, 0.15) is 37.8 Å². The zero-order valence-corrected chi connectivity index (χ0v) is 22.4. The molecular weight excluding hydrogens is 666 g/mol. The van der Waals surface area contributed by atoms with Crippen molar-refractivity contribution in [1.82, 2.24) is 29.8 Å². The number of anilines is 1. The van der Waals surface area contributed by atoms with Gasteiger partial charge in [-0.3, -0.25) is 9.59 Å². The van der Waals surface area contributed by atoms with E-state index in [1.54, 1.807) is 13.0 Å². The average Bonchev–Trinajstić information content (AvgIpc) is 3.48. The summed E-state index contributed by atoms with van der Waals surface area (Å²) in [6.45, 7) is 1.22. The summed E-state index contributed by atoms with van der Waals surface area (Å²) in [5.74, 6) is -6.76. The Morgan fingerprint density at radius 2 is 1.90 bits per heavy atom. The largest absolute Gasteiger partial charge is 0.459 e. The smallest absolute Gasteiger partial charge is 0.366 e. The number of nitrogens with zero attached hydrogens (tertiary/aromatic N) is 6. The number of carbonyl (C=O) groups is 2. The molecule has 3 heterocycles. The highest BCUT2D eigenvalue weighted by Crippen LogP contribution is 2.42. The van der Waals surface area contributed by atoms with Gasteiger partial charge in [-0.15, -0.1) is 5.10 Å². The Kier molecular flexibility index (Phi) is 7.61. The highest BCUT2D eigenvalue weighted by Gasteiger charge is 2.60. The summed E-state index contributed by atoms with van der Waals surface area (Å²) < 4.78 is 67.8. The molecule has 0 atom stereocenters. The first kappa shape index (κ1) is 28.3. The normalized spacial score (nSPS) is 12.0. The molecule has 3 aromatic heterocycles. The van der Waals surface area contributed by atoms with E-state index in [-0.39, 0.29) is 33.5 Å². The van der Waals surface area contributed by atoms with E-state index in [9.17, 15) is 31.5 Å². The van der Waals surface area contributed by atoms with Crippen molar-refractivity contribution in [2.45, 2.75) is 25.6 Å². The number of carbonyl (C=O) groups excluding carboxylic acids is 2. The van der Waals surface area contributed by atoms with E-state index in [2.05, 4.69) is 25.7 Å². The third-order valence-electron chi connectivity index (χ3n) is 5.28. The maximum Gasteiger partial charge on any atom is 0.459 e. The first-order valence-corrected chi connectivity index (χ1v) is 12.1. The van der Waals surface area contributed by atoms with E-state index in [4.69, 9.17) is 17.3 Å². The lowest BCUT2D eigenvalue weighted by atomic mass is 10.1. The summed E-state index contributed by atoms with van der Waals surface area (Å²) in [4.78, 5) is 29.5. The summed E-state index contributed by atoms with van der Waals surface area (Å²) in [5.41, 5.74) is 4.47. The quantitative estimate of drug-likeness (QED) is 0.219. The molecule has 0 spiro atoms. The molecule has 0 fully saturated rings. The number of rotatable bonds is 7. The second kappa shape index (κ2) is 10.5. The molecule has 0 unspecified atom stereocenters. The third-order valence-corrected chi connectivity index (χ3v) is 6.19. The molecule has 0 bridgehead atoms. The van der Waals surface area contributed by atoms with Crippen molar-refractivity contribution < 1.29 is 31.5 Å². The number of hydrogen-bond acceptors (Lipinski definition) is 6. The number of nitrogens with one attached hydrogen (secondary N) is 1. The van der Waals surface area contributed by atoms with Gasteiger partial charge in [-0.2, -0.15) is 27.1 Å². The number of hydrogen-bond donors (Lipinski definition) is 2. The molecule has 4 rings (SSSR count). The van der Waals surface area contributed by atoms with Gasteiger partial charge in [0.05, 0.1) is 34.7 Å². The van der Waals surface area contributed by atoms with Gasteiger partial charge in [0.15, 0.2) is 11.5 Å². The first-order chi connectivity index (χ1) is 18.2. The Labute approximate surface area is 234 Å². The van der Waals surface area contributed by atoms with E-state index in [1.165, 1.54) is 30.5 Å². The van der Waals surface area contributed by atoms with Crippen LogP contribution in [0.3, 0.4) is 0 Å². The fraction of sp³-hybridized carbons (Fsp3) is 0.182. The topological polar surface area (TPSA) is 134 Å². The maximum atomic E-state index is 13.6. The van der Waals surface area contributed by atoms with Gasteiger partial charge in [0, 0.05) is 9.77 Å². The number of pyridine rings is 1. The van der Waals surface area contributed by atoms with Crippen LogP contribution in [0.2, 0.25) is 5.02 Å². The van der Waals surface area contributed by atoms with Gasteiger partial charge in [-0.1, -0.05) is 16.8 Å². The van der Waals surface area contributed by atoms with Gasteiger partial charge < -0.3 is 11.1 Å². The lowest BCUT2D eigenvalue weighted by molar-refractivity contribution is -0.291. The summed E-state index contributed by atoms with van der Waals surface area (Å²) in [5, 5.41) is 13.2. The minimum atomic E-state index is -5.87. The van der Waals surface area contributed by atoms with Gasteiger partial charge in [-0.25, -0.2) is 14.3 Å². The van der Waals surface area contributed by atoms with Crippen LogP contribution in [0.4, 0.5) is 27.6 Å². The predicted octanol–water partition coefficient (Wildman–Crippen LogP) is 4.48. The number of aromatic nitrogens is 6. The molecule has 10 nitrogen and oxygen atoms in total. The van der Waals surface area contributed by atoms with Gasteiger partial charge in [0.1, 0.15) is 5.69 Å². The monoisotopic (exact) mass is 680 g/mol.